The summed E-state index contributed by atoms with van der Waals surface area (Å²) in [6.45, 7) is 4.87. The predicted octanol–water partition coefficient (Wildman–Crippen LogP) is 2.85. The van der Waals surface area contributed by atoms with E-state index >= 15 is 0 Å². The van der Waals surface area contributed by atoms with Crippen molar-refractivity contribution in [3.05, 3.63) is 29.3 Å². The van der Waals surface area contributed by atoms with E-state index in [2.05, 4.69) is 6.92 Å². The number of nitrogens with one attached hydrogen (secondary N) is 1. The lowest BCUT2D eigenvalue weighted by molar-refractivity contribution is 0.306. The molecule has 0 amide bonds. The molecule has 3 nitrogen and oxygen atoms in total. The van der Waals surface area contributed by atoms with Crippen molar-refractivity contribution in [2.45, 2.75) is 33.1 Å². The molecule has 88 valence electrons. The van der Waals surface area contributed by atoms with Crippen LogP contribution in [0.25, 0.3) is 0 Å². The van der Waals surface area contributed by atoms with Crippen LogP contribution in [0.5, 0.6) is 5.75 Å². The first-order chi connectivity index (χ1) is 7.65. The van der Waals surface area contributed by atoms with Crippen LogP contribution in [0.2, 0.25) is 0 Å². The lowest BCUT2D eigenvalue weighted by Gasteiger charge is -2.09. The van der Waals surface area contributed by atoms with Crippen molar-refractivity contribution in [2.75, 3.05) is 6.61 Å². The summed E-state index contributed by atoms with van der Waals surface area (Å²) in [5.41, 5.74) is 7.21. The van der Waals surface area contributed by atoms with Gasteiger partial charge in [0.2, 0.25) is 0 Å². The summed E-state index contributed by atoms with van der Waals surface area (Å²) in [5, 5.41) is 7.38. The second-order valence-corrected chi connectivity index (χ2v) is 3.95. The average molecular weight is 220 g/mol. The van der Waals surface area contributed by atoms with E-state index in [0.717, 1.165) is 29.9 Å². The van der Waals surface area contributed by atoms with Crippen molar-refractivity contribution in [2.24, 2.45) is 5.73 Å². The van der Waals surface area contributed by atoms with E-state index in [-0.39, 0.29) is 5.84 Å². The summed E-state index contributed by atoms with van der Waals surface area (Å²) in [6.07, 6.45) is 3.49. The van der Waals surface area contributed by atoms with Crippen LogP contribution < -0.4 is 10.5 Å². The molecule has 0 atom stereocenters. The first-order valence-electron chi connectivity index (χ1n) is 5.73. The molecule has 0 radical (unpaired) electrons. The summed E-state index contributed by atoms with van der Waals surface area (Å²) < 4.78 is 5.61. The molecule has 0 aromatic heterocycles. The number of ether oxygens (including phenoxy) is 1. The van der Waals surface area contributed by atoms with Gasteiger partial charge in [-0.25, -0.2) is 0 Å². The van der Waals surface area contributed by atoms with Crippen LogP contribution in [-0.2, 0) is 0 Å². The first kappa shape index (κ1) is 12.6. The molecule has 0 bridgehead atoms. The van der Waals surface area contributed by atoms with Crippen molar-refractivity contribution in [1.29, 1.82) is 5.41 Å². The van der Waals surface area contributed by atoms with Crippen LogP contribution in [0.4, 0.5) is 0 Å². The Balaban J connectivity index is 2.56. The van der Waals surface area contributed by atoms with E-state index in [9.17, 15) is 0 Å². The highest BCUT2D eigenvalue weighted by Crippen LogP contribution is 2.17. The van der Waals surface area contributed by atoms with Gasteiger partial charge in [0.05, 0.1) is 6.61 Å². The molecule has 0 aliphatic heterocycles. The van der Waals surface area contributed by atoms with Gasteiger partial charge in [-0.2, -0.15) is 0 Å². The monoisotopic (exact) mass is 220 g/mol. The fraction of sp³-hybridized carbons (Fsp3) is 0.462. The van der Waals surface area contributed by atoms with Crippen LogP contribution in [0.3, 0.4) is 0 Å². The molecular formula is C13H20N2O. The Labute approximate surface area is 97.1 Å². The Morgan fingerprint density at radius 1 is 1.38 bits per heavy atom. The normalized spacial score (nSPS) is 10.1. The molecule has 0 aliphatic rings. The van der Waals surface area contributed by atoms with Gasteiger partial charge < -0.3 is 10.5 Å². The van der Waals surface area contributed by atoms with Gasteiger partial charge in [-0.1, -0.05) is 19.8 Å². The quantitative estimate of drug-likeness (QED) is 0.440. The van der Waals surface area contributed by atoms with E-state index in [4.69, 9.17) is 15.9 Å². The average Bonchev–Trinajstić information content (AvgIpc) is 2.24. The maximum absolute atomic E-state index is 7.38. The summed E-state index contributed by atoms with van der Waals surface area (Å²) in [6, 6.07) is 5.64. The third kappa shape index (κ3) is 3.57. The molecule has 0 saturated heterocycles. The van der Waals surface area contributed by atoms with Crippen LogP contribution in [0.1, 0.15) is 37.3 Å². The third-order valence-electron chi connectivity index (χ3n) is 2.50. The Morgan fingerprint density at radius 3 is 2.69 bits per heavy atom. The number of hydrogen-bond donors (Lipinski definition) is 2. The molecule has 0 heterocycles. The van der Waals surface area contributed by atoms with E-state index in [1.54, 1.807) is 0 Å². The number of nitrogen functional groups attached to an aromatic ring is 1. The summed E-state index contributed by atoms with van der Waals surface area (Å²) in [7, 11) is 0. The molecule has 0 aliphatic carbocycles. The Morgan fingerprint density at radius 2 is 2.12 bits per heavy atom. The maximum atomic E-state index is 7.38. The summed E-state index contributed by atoms with van der Waals surface area (Å²) in [5.74, 6) is 0.966. The van der Waals surface area contributed by atoms with Crippen LogP contribution in [0.15, 0.2) is 18.2 Å². The number of nitrogens with two attached hydrogens (primary N) is 1. The number of amidine groups is 1. The van der Waals surface area contributed by atoms with Gasteiger partial charge in [-0.05, 0) is 37.1 Å². The lowest BCUT2D eigenvalue weighted by atomic mass is 10.1. The maximum Gasteiger partial charge on any atom is 0.123 e. The van der Waals surface area contributed by atoms with Crippen molar-refractivity contribution in [3.8, 4) is 5.75 Å². The number of rotatable bonds is 6. The smallest absolute Gasteiger partial charge is 0.123 e. The molecule has 0 fully saturated rings. The van der Waals surface area contributed by atoms with Crippen LogP contribution in [0, 0.1) is 12.3 Å². The zero-order valence-electron chi connectivity index (χ0n) is 10.0. The van der Waals surface area contributed by atoms with Crippen molar-refractivity contribution >= 4 is 5.84 Å². The zero-order chi connectivity index (χ0) is 12.0. The number of hydrogen-bond acceptors (Lipinski definition) is 2. The third-order valence-corrected chi connectivity index (χ3v) is 2.50. The van der Waals surface area contributed by atoms with Gasteiger partial charge in [0.25, 0.3) is 0 Å². The van der Waals surface area contributed by atoms with E-state index in [1.807, 2.05) is 25.1 Å². The standard InChI is InChI=1S/C13H20N2O/c1-3-4-5-8-16-11-6-7-12(13(14)15)10(2)9-11/h6-7,9H,3-5,8H2,1-2H3,(H3,14,15). The lowest BCUT2D eigenvalue weighted by Crippen LogP contribution is -2.12. The van der Waals surface area contributed by atoms with Gasteiger partial charge >= 0.3 is 0 Å². The van der Waals surface area contributed by atoms with Gasteiger partial charge in [-0.15, -0.1) is 0 Å². The molecule has 1 aromatic rings. The van der Waals surface area contributed by atoms with Crippen molar-refractivity contribution in [1.82, 2.24) is 0 Å². The Hall–Kier alpha value is -1.51. The highest BCUT2D eigenvalue weighted by atomic mass is 16.5. The first-order valence-corrected chi connectivity index (χ1v) is 5.73. The minimum absolute atomic E-state index is 0.107. The van der Waals surface area contributed by atoms with Gasteiger partial charge in [-0.3, -0.25) is 5.41 Å². The van der Waals surface area contributed by atoms with Gasteiger partial charge in [0.1, 0.15) is 11.6 Å². The molecule has 16 heavy (non-hydrogen) atoms. The second-order valence-electron chi connectivity index (χ2n) is 3.95. The Bertz CT molecular complexity index is 361. The molecule has 3 heteroatoms. The zero-order valence-corrected chi connectivity index (χ0v) is 10.0. The largest absolute Gasteiger partial charge is 0.494 e. The minimum Gasteiger partial charge on any atom is -0.494 e. The molecular weight excluding hydrogens is 200 g/mol. The minimum atomic E-state index is 0.107. The fourth-order valence-corrected chi connectivity index (χ4v) is 1.57. The van der Waals surface area contributed by atoms with Gasteiger partial charge in [0, 0.05) is 5.56 Å². The number of unbranched alkanes of at least 4 members (excludes halogenated alkanes) is 2. The number of benzene rings is 1. The SMILES string of the molecule is CCCCCOc1ccc(C(=N)N)c(C)c1. The molecule has 0 unspecified atom stereocenters. The molecule has 3 N–H and O–H groups in total. The van der Waals surface area contributed by atoms with Crippen molar-refractivity contribution < 1.29 is 4.74 Å². The molecule has 1 rings (SSSR count). The fourth-order valence-electron chi connectivity index (χ4n) is 1.57. The highest BCUT2D eigenvalue weighted by Gasteiger charge is 2.02. The molecule has 0 spiro atoms. The highest BCUT2D eigenvalue weighted by molar-refractivity contribution is 5.96. The van der Waals surface area contributed by atoms with Crippen LogP contribution >= 0.6 is 0 Å². The molecule has 1 aromatic carbocycles. The summed E-state index contributed by atoms with van der Waals surface area (Å²) >= 11 is 0. The topological polar surface area (TPSA) is 59.1 Å². The summed E-state index contributed by atoms with van der Waals surface area (Å²) in [4.78, 5) is 0. The predicted molar refractivity (Wildman–Crippen MR) is 67.2 cm³/mol. The number of aryl methyl sites for hydroxylation is 1. The van der Waals surface area contributed by atoms with Crippen molar-refractivity contribution in [3.63, 3.8) is 0 Å². The second kappa shape index (κ2) is 6.16. The van der Waals surface area contributed by atoms with Gasteiger partial charge in [0.15, 0.2) is 0 Å². The molecule has 0 saturated carbocycles. The van der Waals surface area contributed by atoms with Crippen LogP contribution in [-0.4, -0.2) is 12.4 Å². The Kier molecular flexibility index (Phi) is 4.83. The van der Waals surface area contributed by atoms with E-state index in [0.29, 0.717) is 0 Å². The van der Waals surface area contributed by atoms with E-state index in [1.165, 1.54) is 12.8 Å². The van der Waals surface area contributed by atoms with E-state index < -0.39 is 0 Å².